The van der Waals surface area contributed by atoms with E-state index in [2.05, 4.69) is 4.98 Å². The van der Waals surface area contributed by atoms with Gasteiger partial charge in [-0.15, -0.1) is 0 Å². The van der Waals surface area contributed by atoms with Gasteiger partial charge in [-0.3, -0.25) is 4.79 Å². The molecule has 1 fully saturated rings. The van der Waals surface area contributed by atoms with Crippen LogP contribution in [0.3, 0.4) is 0 Å². The number of hydrogen-bond acceptors (Lipinski definition) is 3. The zero-order valence-electron chi connectivity index (χ0n) is 14.5. The van der Waals surface area contributed by atoms with Crippen LogP contribution in [0.15, 0.2) is 36.8 Å². The summed E-state index contributed by atoms with van der Waals surface area (Å²) in [4.78, 5) is 17.1. The van der Waals surface area contributed by atoms with Crippen molar-refractivity contribution < 1.29 is 27.5 Å². The summed E-state index contributed by atoms with van der Waals surface area (Å²) in [6.07, 6.45) is -4.26. The van der Waals surface area contributed by atoms with E-state index in [4.69, 9.17) is 0 Å². The van der Waals surface area contributed by atoms with Crippen LogP contribution in [0.4, 0.5) is 17.6 Å². The standard InChI is InChI=1S/C18H19F4N3O2/c1-11-9-24(17(27)16(26)18(20,21)22)7-6-14(11)15-8-23-10-25(15)13-4-2-12(19)3-5-13/h2-5,8,10-11,14,16,26H,6-7,9H2,1H3. The summed E-state index contributed by atoms with van der Waals surface area (Å²) in [5, 5.41) is 9.20. The topological polar surface area (TPSA) is 58.4 Å². The van der Waals surface area contributed by atoms with E-state index in [9.17, 15) is 27.5 Å². The minimum atomic E-state index is -4.97. The Morgan fingerprint density at radius 1 is 1.30 bits per heavy atom. The van der Waals surface area contributed by atoms with Gasteiger partial charge < -0.3 is 14.6 Å². The lowest BCUT2D eigenvalue weighted by molar-refractivity contribution is -0.211. The smallest absolute Gasteiger partial charge is 0.376 e. The third-order valence-corrected chi connectivity index (χ3v) is 4.91. The molecule has 5 nitrogen and oxygen atoms in total. The van der Waals surface area contributed by atoms with Gasteiger partial charge in [0.05, 0.1) is 6.33 Å². The van der Waals surface area contributed by atoms with Crippen LogP contribution in [0.25, 0.3) is 5.69 Å². The number of aliphatic hydroxyl groups is 1. The predicted molar refractivity (Wildman–Crippen MR) is 88.7 cm³/mol. The molecule has 2 heterocycles. The highest BCUT2D eigenvalue weighted by atomic mass is 19.4. The molecule has 1 aliphatic rings. The molecule has 146 valence electrons. The van der Waals surface area contributed by atoms with Gasteiger partial charge in [0.1, 0.15) is 5.82 Å². The molecule has 1 aliphatic heterocycles. The molecule has 1 saturated heterocycles. The van der Waals surface area contributed by atoms with Crippen molar-refractivity contribution in [2.24, 2.45) is 5.92 Å². The normalized spacial score (nSPS) is 21.9. The molecule has 0 bridgehead atoms. The molecule has 1 amide bonds. The first-order valence-corrected chi connectivity index (χ1v) is 8.50. The molecule has 9 heteroatoms. The number of aromatic nitrogens is 2. The highest BCUT2D eigenvalue weighted by molar-refractivity contribution is 5.81. The molecule has 27 heavy (non-hydrogen) atoms. The van der Waals surface area contributed by atoms with Crippen molar-refractivity contribution in [3.8, 4) is 5.69 Å². The Labute approximate surface area is 153 Å². The summed E-state index contributed by atoms with van der Waals surface area (Å²) in [6.45, 7) is 2.05. The first kappa shape index (κ1) is 19.3. The van der Waals surface area contributed by atoms with Crippen LogP contribution in [-0.4, -0.2) is 50.8 Å². The average molecular weight is 385 g/mol. The number of amides is 1. The molecule has 3 unspecified atom stereocenters. The number of piperidine rings is 1. The lowest BCUT2D eigenvalue weighted by Gasteiger charge is -2.38. The van der Waals surface area contributed by atoms with Gasteiger partial charge in [-0.2, -0.15) is 13.2 Å². The Bertz CT molecular complexity index is 804. The maximum Gasteiger partial charge on any atom is 0.423 e. The minimum absolute atomic E-state index is 0.0374. The fourth-order valence-electron chi connectivity index (χ4n) is 3.50. The number of likely N-dealkylation sites (tertiary alicyclic amines) is 1. The number of imidazole rings is 1. The third-order valence-electron chi connectivity index (χ3n) is 4.91. The Morgan fingerprint density at radius 3 is 2.56 bits per heavy atom. The van der Waals surface area contributed by atoms with Crippen molar-refractivity contribution in [3.63, 3.8) is 0 Å². The van der Waals surface area contributed by atoms with Gasteiger partial charge in [0.25, 0.3) is 5.91 Å². The van der Waals surface area contributed by atoms with Gasteiger partial charge in [-0.1, -0.05) is 6.92 Å². The molecule has 3 rings (SSSR count). The summed E-state index contributed by atoms with van der Waals surface area (Å²) in [5.41, 5.74) is 1.57. The molecular weight excluding hydrogens is 366 g/mol. The number of aliphatic hydroxyl groups excluding tert-OH is 1. The summed E-state index contributed by atoms with van der Waals surface area (Å²) in [7, 11) is 0. The number of carbonyl (C=O) groups is 1. The molecular formula is C18H19F4N3O2. The van der Waals surface area contributed by atoms with Crippen molar-refractivity contribution >= 4 is 5.91 Å². The van der Waals surface area contributed by atoms with Crippen LogP contribution in [-0.2, 0) is 4.79 Å². The van der Waals surface area contributed by atoms with Crippen LogP contribution in [0.2, 0.25) is 0 Å². The highest BCUT2D eigenvalue weighted by Crippen LogP contribution is 2.34. The maximum atomic E-state index is 13.2. The average Bonchev–Trinajstić information content (AvgIpc) is 3.09. The van der Waals surface area contributed by atoms with E-state index in [0.29, 0.717) is 6.42 Å². The van der Waals surface area contributed by atoms with E-state index in [1.54, 1.807) is 24.7 Å². The molecule has 1 aromatic heterocycles. The fourth-order valence-corrected chi connectivity index (χ4v) is 3.50. The Kier molecular flexibility index (Phi) is 5.23. The van der Waals surface area contributed by atoms with Gasteiger partial charge in [-0.05, 0) is 36.6 Å². The lowest BCUT2D eigenvalue weighted by Crippen LogP contribution is -2.50. The van der Waals surface area contributed by atoms with Crippen LogP contribution in [0.1, 0.15) is 25.0 Å². The zero-order valence-corrected chi connectivity index (χ0v) is 14.5. The Hall–Kier alpha value is -2.42. The van der Waals surface area contributed by atoms with Crippen molar-refractivity contribution in [2.75, 3.05) is 13.1 Å². The van der Waals surface area contributed by atoms with E-state index in [0.717, 1.165) is 16.3 Å². The summed E-state index contributed by atoms with van der Waals surface area (Å²) >= 11 is 0. The Balaban J connectivity index is 1.76. The third kappa shape index (κ3) is 3.97. The van der Waals surface area contributed by atoms with E-state index >= 15 is 0 Å². The van der Waals surface area contributed by atoms with Crippen molar-refractivity contribution in [3.05, 3.63) is 48.3 Å². The minimum Gasteiger partial charge on any atom is -0.376 e. The van der Waals surface area contributed by atoms with Crippen LogP contribution < -0.4 is 0 Å². The number of alkyl halides is 3. The second kappa shape index (κ2) is 7.30. The monoisotopic (exact) mass is 385 g/mol. The molecule has 3 atom stereocenters. The van der Waals surface area contributed by atoms with Gasteiger partial charge in [0, 0.05) is 36.6 Å². The van der Waals surface area contributed by atoms with Crippen LogP contribution in [0.5, 0.6) is 0 Å². The summed E-state index contributed by atoms with van der Waals surface area (Å²) < 4.78 is 52.7. The summed E-state index contributed by atoms with van der Waals surface area (Å²) in [5.74, 6) is -1.85. The second-order valence-corrected chi connectivity index (χ2v) is 6.77. The largest absolute Gasteiger partial charge is 0.423 e. The van der Waals surface area contributed by atoms with E-state index in [-0.39, 0.29) is 30.7 Å². The van der Waals surface area contributed by atoms with E-state index in [1.807, 2.05) is 11.5 Å². The van der Waals surface area contributed by atoms with Gasteiger partial charge in [0.15, 0.2) is 0 Å². The van der Waals surface area contributed by atoms with Crippen LogP contribution >= 0.6 is 0 Å². The maximum absolute atomic E-state index is 13.2. The molecule has 2 aromatic rings. The van der Waals surface area contributed by atoms with Crippen LogP contribution in [0, 0.1) is 11.7 Å². The van der Waals surface area contributed by atoms with Crippen molar-refractivity contribution in [2.45, 2.75) is 31.5 Å². The fraction of sp³-hybridized carbons (Fsp3) is 0.444. The van der Waals surface area contributed by atoms with Crippen molar-refractivity contribution in [1.82, 2.24) is 14.5 Å². The number of nitrogens with zero attached hydrogens (tertiary/aromatic N) is 3. The SMILES string of the molecule is CC1CN(C(=O)C(O)C(F)(F)F)CCC1c1cncn1-c1ccc(F)cc1. The molecule has 0 radical (unpaired) electrons. The molecule has 1 aromatic carbocycles. The molecule has 0 spiro atoms. The lowest BCUT2D eigenvalue weighted by atomic mass is 9.84. The highest BCUT2D eigenvalue weighted by Gasteiger charge is 2.46. The zero-order chi connectivity index (χ0) is 19.8. The van der Waals surface area contributed by atoms with E-state index < -0.39 is 18.2 Å². The van der Waals surface area contributed by atoms with Gasteiger partial charge in [0.2, 0.25) is 6.10 Å². The Morgan fingerprint density at radius 2 is 1.96 bits per heavy atom. The molecule has 0 saturated carbocycles. The summed E-state index contributed by atoms with van der Waals surface area (Å²) in [6, 6.07) is 5.90. The number of benzene rings is 1. The number of carbonyl (C=O) groups excluding carboxylic acids is 1. The van der Waals surface area contributed by atoms with Crippen molar-refractivity contribution in [1.29, 1.82) is 0 Å². The quantitative estimate of drug-likeness (QED) is 0.827. The van der Waals surface area contributed by atoms with E-state index in [1.165, 1.54) is 12.1 Å². The predicted octanol–water partition coefficient (Wildman–Crippen LogP) is 2.89. The second-order valence-electron chi connectivity index (χ2n) is 6.77. The van der Waals surface area contributed by atoms with Gasteiger partial charge >= 0.3 is 6.18 Å². The first-order chi connectivity index (χ1) is 12.7. The number of hydrogen-bond donors (Lipinski definition) is 1. The first-order valence-electron chi connectivity index (χ1n) is 8.50. The number of halogens is 4. The number of rotatable bonds is 3. The molecule has 0 aliphatic carbocycles. The van der Waals surface area contributed by atoms with Gasteiger partial charge in [-0.25, -0.2) is 9.37 Å². The molecule has 1 N–H and O–H groups in total.